The van der Waals surface area contributed by atoms with Crippen molar-refractivity contribution in [3.05, 3.63) is 59.2 Å². The first-order valence-corrected chi connectivity index (χ1v) is 11.9. The zero-order chi connectivity index (χ0) is 24.9. The van der Waals surface area contributed by atoms with Crippen LogP contribution in [-0.4, -0.2) is 52.0 Å². The van der Waals surface area contributed by atoms with Crippen molar-refractivity contribution in [2.45, 2.75) is 32.7 Å². The van der Waals surface area contributed by atoms with E-state index in [0.717, 1.165) is 5.56 Å². The minimum Gasteiger partial charge on any atom is -0.496 e. The number of amides is 2. The van der Waals surface area contributed by atoms with Crippen LogP contribution in [0.25, 0.3) is 11.4 Å². The van der Waals surface area contributed by atoms with Crippen LogP contribution < -0.4 is 10.1 Å². The van der Waals surface area contributed by atoms with E-state index in [4.69, 9.17) is 20.9 Å². The van der Waals surface area contributed by atoms with Gasteiger partial charge in [-0.2, -0.15) is 4.98 Å². The van der Waals surface area contributed by atoms with Gasteiger partial charge in [0.2, 0.25) is 17.6 Å². The van der Waals surface area contributed by atoms with Gasteiger partial charge in [0.25, 0.3) is 5.91 Å². The van der Waals surface area contributed by atoms with Crippen LogP contribution >= 0.6 is 11.6 Å². The van der Waals surface area contributed by atoms with E-state index in [1.165, 1.54) is 7.11 Å². The predicted molar refractivity (Wildman–Crippen MR) is 130 cm³/mol. The van der Waals surface area contributed by atoms with Crippen molar-refractivity contribution >= 4 is 23.4 Å². The summed E-state index contributed by atoms with van der Waals surface area (Å²) in [5.74, 6) is 0.875. The maximum atomic E-state index is 13.1. The maximum absolute atomic E-state index is 13.1. The van der Waals surface area contributed by atoms with Crippen LogP contribution in [0.2, 0.25) is 5.02 Å². The Morgan fingerprint density at radius 3 is 2.54 bits per heavy atom. The number of aromatic nitrogens is 3. The number of hydrogen-bond acceptors (Lipinski definition) is 7. The molecule has 1 atom stereocenters. The molecule has 0 aliphatic carbocycles. The first-order valence-electron chi connectivity index (χ1n) is 11.5. The molecule has 0 radical (unpaired) electrons. The van der Waals surface area contributed by atoms with Crippen molar-refractivity contribution in [2.24, 2.45) is 11.8 Å². The molecule has 3 aromatic rings. The van der Waals surface area contributed by atoms with Crippen LogP contribution in [0.1, 0.15) is 49.0 Å². The summed E-state index contributed by atoms with van der Waals surface area (Å²) in [7, 11) is 1.52. The second kappa shape index (κ2) is 10.9. The number of pyridine rings is 1. The van der Waals surface area contributed by atoms with E-state index in [2.05, 4.69) is 20.4 Å². The van der Waals surface area contributed by atoms with Crippen molar-refractivity contribution < 1.29 is 18.8 Å². The predicted octanol–water partition coefficient (Wildman–Crippen LogP) is 4.16. The number of halogens is 1. The molecule has 1 saturated heterocycles. The molecule has 9 nitrogen and oxygen atoms in total. The third-order valence-electron chi connectivity index (χ3n) is 6.16. The standard InChI is InChI=1S/C25H28ClN5O4/c1-15(2)21(24-29-22(30-35-24)16-6-10-27-11-7-16)28-23(32)17-8-12-31(13-9-17)25(33)19-14-18(26)4-5-20(19)34-3/h4-7,10-11,14-15,17,21H,8-9,12-13H2,1-3H3,(H,28,32). The van der Waals surface area contributed by atoms with Gasteiger partial charge in [0.1, 0.15) is 11.8 Å². The number of nitrogens with one attached hydrogen (secondary N) is 1. The summed E-state index contributed by atoms with van der Waals surface area (Å²) in [5, 5.41) is 7.61. The number of carbonyl (C=O) groups excluding carboxylic acids is 2. The largest absolute Gasteiger partial charge is 0.496 e. The summed E-state index contributed by atoms with van der Waals surface area (Å²) in [4.78, 5) is 36.4. The van der Waals surface area contributed by atoms with E-state index in [-0.39, 0.29) is 23.7 Å². The van der Waals surface area contributed by atoms with E-state index in [9.17, 15) is 9.59 Å². The van der Waals surface area contributed by atoms with Crippen molar-refractivity contribution in [1.82, 2.24) is 25.3 Å². The SMILES string of the molecule is COc1ccc(Cl)cc1C(=O)N1CCC(C(=O)NC(c2nc(-c3ccncc3)no2)C(C)C)CC1. The Bertz CT molecular complexity index is 1180. The van der Waals surface area contributed by atoms with E-state index in [1.807, 2.05) is 13.8 Å². The zero-order valence-electron chi connectivity index (χ0n) is 19.9. The van der Waals surface area contributed by atoms with Crippen LogP contribution in [0.3, 0.4) is 0 Å². The zero-order valence-corrected chi connectivity index (χ0v) is 20.7. The Labute approximate surface area is 208 Å². The maximum Gasteiger partial charge on any atom is 0.257 e. The fourth-order valence-electron chi connectivity index (χ4n) is 4.13. The normalized spacial score (nSPS) is 15.2. The Morgan fingerprint density at radius 1 is 1.17 bits per heavy atom. The topological polar surface area (TPSA) is 110 Å². The lowest BCUT2D eigenvalue weighted by molar-refractivity contribution is -0.127. The highest BCUT2D eigenvalue weighted by molar-refractivity contribution is 6.31. The molecular formula is C25H28ClN5O4. The molecule has 10 heteroatoms. The monoisotopic (exact) mass is 497 g/mol. The highest BCUT2D eigenvalue weighted by Gasteiger charge is 2.32. The molecular weight excluding hydrogens is 470 g/mol. The van der Waals surface area contributed by atoms with Crippen LogP contribution in [0.5, 0.6) is 5.75 Å². The number of piperidine rings is 1. The number of hydrogen-bond donors (Lipinski definition) is 1. The third kappa shape index (κ3) is 5.62. The van der Waals surface area contributed by atoms with Crippen molar-refractivity contribution in [1.29, 1.82) is 0 Å². The summed E-state index contributed by atoms with van der Waals surface area (Å²) in [6, 6.07) is 8.15. The number of carbonyl (C=O) groups is 2. The van der Waals surface area contributed by atoms with Crippen LogP contribution in [0.4, 0.5) is 0 Å². The van der Waals surface area contributed by atoms with Crippen LogP contribution in [0.15, 0.2) is 47.2 Å². The fourth-order valence-corrected chi connectivity index (χ4v) is 4.30. The Balaban J connectivity index is 1.38. The number of rotatable bonds is 7. The Kier molecular flexibility index (Phi) is 7.65. The average Bonchev–Trinajstić information content (AvgIpc) is 3.37. The third-order valence-corrected chi connectivity index (χ3v) is 6.39. The van der Waals surface area contributed by atoms with Gasteiger partial charge in [0, 0.05) is 42.0 Å². The molecule has 2 aromatic heterocycles. The van der Waals surface area contributed by atoms with Crippen LogP contribution in [-0.2, 0) is 4.79 Å². The molecule has 0 spiro atoms. The molecule has 1 N–H and O–H groups in total. The van der Waals surface area contributed by atoms with Gasteiger partial charge in [-0.3, -0.25) is 14.6 Å². The molecule has 2 amide bonds. The summed E-state index contributed by atoms with van der Waals surface area (Å²) in [5.41, 5.74) is 1.21. The minimum atomic E-state index is -0.416. The molecule has 4 rings (SSSR count). The lowest BCUT2D eigenvalue weighted by Gasteiger charge is -2.32. The number of ether oxygens (including phenoxy) is 1. The highest BCUT2D eigenvalue weighted by atomic mass is 35.5. The van der Waals surface area contributed by atoms with Gasteiger partial charge in [-0.05, 0) is 49.1 Å². The van der Waals surface area contributed by atoms with Gasteiger partial charge < -0.3 is 19.5 Å². The van der Waals surface area contributed by atoms with Gasteiger partial charge in [-0.1, -0.05) is 30.6 Å². The molecule has 1 fully saturated rings. The molecule has 3 heterocycles. The van der Waals surface area contributed by atoms with E-state index >= 15 is 0 Å². The fraction of sp³-hybridized carbons (Fsp3) is 0.400. The molecule has 184 valence electrons. The van der Waals surface area contributed by atoms with Gasteiger partial charge in [0.15, 0.2) is 0 Å². The van der Waals surface area contributed by atoms with E-state index in [1.54, 1.807) is 47.6 Å². The molecule has 0 saturated carbocycles. The highest BCUT2D eigenvalue weighted by Crippen LogP contribution is 2.28. The van der Waals surface area contributed by atoms with Crippen molar-refractivity contribution in [2.75, 3.05) is 20.2 Å². The second-order valence-electron chi connectivity index (χ2n) is 8.83. The van der Waals surface area contributed by atoms with Gasteiger partial charge >= 0.3 is 0 Å². The van der Waals surface area contributed by atoms with Gasteiger partial charge in [-0.15, -0.1) is 0 Å². The van der Waals surface area contributed by atoms with Gasteiger partial charge in [0.05, 0.1) is 12.7 Å². The number of likely N-dealkylation sites (tertiary alicyclic amines) is 1. The number of methoxy groups -OCH3 is 1. The molecule has 1 aromatic carbocycles. The van der Waals surface area contributed by atoms with E-state index in [0.29, 0.717) is 54.0 Å². The quantitative estimate of drug-likeness (QED) is 0.521. The molecule has 35 heavy (non-hydrogen) atoms. The summed E-state index contributed by atoms with van der Waals surface area (Å²) in [6.45, 7) is 4.90. The molecule has 1 unspecified atom stereocenters. The lowest BCUT2D eigenvalue weighted by Crippen LogP contribution is -2.44. The lowest BCUT2D eigenvalue weighted by atomic mass is 9.94. The molecule has 1 aliphatic heterocycles. The Hall–Kier alpha value is -3.46. The number of benzene rings is 1. The van der Waals surface area contributed by atoms with Crippen LogP contribution in [0, 0.1) is 11.8 Å². The average molecular weight is 498 g/mol. The molecule has 1 aliphatic rings. The summed E-state index contributed by atoms with van der Waals surface area (Å²) >= 11 is 6.08. The second-order valence-corrected chi connectivity index (χ2v) is 9.27. The van der Waals surface area contributed by atoms with Gasteiger partial charge in [-0.25, -0.2) is 0 Å². The van der Waals surface area contributed by atoms with Crippen molar-refractivity contribution in [3.63, 3.8) is 0 Å². The first-order chi connectivity index (χ1) is 16.9. The Morgan fingerprint density at radius 2 is 1.89 bits per heavy atom. The smallest absolute Gasteiger partial charge is 0.257 e. The van der Waals surface area contributed by atoms with Crippen molar-refractivity contribution in [3.8, 4) is 17.1 Å². The summed E-state index contributed by atoms with van der Waals surface area (Å²) in [6.07, 6.45) is 4.42. The first kappa shape index (κ1) is 24.7. The van der Waals surface area contributed by atoms with E-state index < -0.39 is 6.04 Å². The minimum absolute atomic E-state index is 0.0432. The molecule has 0 bridgehead atoms. The summed E-state index contributed by atoms with van der Waals surface area (Å²) < 4.78 is 10.8. The number of nitrogens with zero attached hydrogens (tertiary/aromatic N) is 4.